The Hall–Kier alpha value is -1.59. The van der Waals surface area contributed by atoms with Crippen molar-refractivity contribution < 1.29 is 19.4 Å². The summed E-state index contributed by atoms with van der Waals surface area (Å²) in [6.45, 7) is 7.09. The van der Waals surface area contributed by atoms with Crippen LogP contribution in [0.25, 0.3) is 0 Å². The van der Waals surface area contributed by atoms with E-state index < -0.39 is 0 Å². The molecule has 1 amide bonds. The molecule has 0 saturated carbocycles. The fourth-order valence-corrected chi connectivity index (χ4v) is 1.77. The minimum absolute atomic E-state index is 0.0883. The van der Waals surface area contributed by atoms with Crippen molar-refractivity contribution in [3.8, 4) is 5.75 Å². The number of carbonyl (C=O) groups excluding carboxylic acids is 1. The first-order valence-electron chi connectivity index (χ1n) is 6.92. The summed E-state index contributed by atoms with van der Waals surface area (Å²) < 4.78 is 10.6. The van der Waals surface area contributed by atoms with Crippen LogP contribution in [0.2, 0.25) is 0 Å². The highest BCUT2D eigenvalue weighted by atomic mass is 16.5. The Morgan fingerprint density at radius 3 is 2.25 bits per heavy atom. The quantitative estimate of drug-likeness (QED) is 0.702. The van der Waals surface area contributed by atoms with Gasteiger partial charge in [-0.2, -0.15) is 0 Å². The second kappa shape index (κ2) is 9.34. The molecule has 1 aromatic rings. The zero-order valence-electron chi connectivity index (χ0n) is 12.2. The Kier molecular flexibility index (Phi) is 7.69. The summed E-state index contributed by atoms with van der Waals surface area (Å²) in [6.07, 6.45) is 0. The smallest absolute Gasteiger partial charge is 0.254 e. The normalized spacial score (nSPS) is 10.5. The molecule has 0 saturated heterocycles. The molecule has 0 aromatic heterocycles. The molecule has 5 heteroatoms. The maximum Gasteiger partial charge on any atom is 0.254 e. The third-order valence-corrected chi connectivity index (χ3v) is 2.80. The van der Waals surface area contributed by atoms with Crippen molar-refractivity contribution in [1.82, 2.24) is 4.90 Å². The van der Waals surface area contributed by atoms with Gasteiger partial charge >= 0.3 is 0 Å². The van der Waals surface area contributed by atoms with Crippen molar-refractivity contribution >= 4 is 5.91 Å². The number of benzene rings is 1. The molecule has 1 N–H and O–H groups in total. The van der Waals surface area contributed by atoms with Crippen LogP contribution < -0.4 is 0 Å². The van der Waals surface area contributed by atoms with Gasteiger partial charge in [0, 0.05) is 31.9 Å². The number of carbonyl (C=O) groups is 1. The highest BCUT2D eigenvalue weighted by molar-refractivity contribution is 5.94. The molecular formula is C15H23NO4. The van der Waals surface area contributed by atoms with E-state index in [1.54, 1.807) is 23.1 Å². The molecule has 1 rings (SSSR count). The Balaban J connectivity index is 2.66. The Bertz CT molecular complexity index is 399. The van der Waals surface area contributed by atoms with Gasteiger partial charge in [-0.3, -0.25) is 4.79 Å². The fourth-order valence-electron chi connectivity index (χ4n) is 1.77. The lowest BCUT2D eigenvalue weighted by molar-refractivity contribution is 0.0550. The van der Waals surface area contributed by atoms with Crippen molar-refractivity contribution in [2.75, 3.05) is 39.5 Å². The van der Waals surface area contributed by atoms with Crippen LogP contribution in [0.1, 0.15) is 24.2 Å². The number of nitrogens with zero attached hydrogens (tertiary/aromatic N) is 1. The van der Waals surface area contributed by atoms with E-state index in [-0.39, 0.29) is 11.7 Å². The van der Waals surface area contributed by atoms with E-state index >= 15 is 0 Å². The van der Waals surface area contributed by atoms with Crippen LogP contribution in [-0.4, -0.2) is 55.4 Å². The number of phenolic OH excluding ortho intramolecular Hbond substituents is 1. The summed E-state index contributed by atoms with van der Waals surface area (Å²) in [6, 6.07) is 6.36. The van der Waals surface area contributed by atoms with Gasteiger partial charge in [0.25, 0.3) is 5.91 Å². The van der Waals surface area contributed by atoms with E-state index in [1.807, 2.05) is 13.8 Å². The number of amides is 1. The largest absolute Gasteiger partial charge is 0.508 e. The number of hydrogen-bond acceptors (Lipinski definition) is 4. The molecule has 0 aliphatic carbocycles. The summed E-state index contributed by atoms with van der Waals surface area (Å²) in [5.74, 6) is -0.0364. The van der Waals surface area contributed by atoms with E-state index in [9.17, 15) is 9.90 Å². The Morgan fingerprint density at radius 2 is 1.75 bits per heavy atom. The lowest BCUT2D eigenvalue weighted by Gasteiger charge is -2.22. The highest BCUT2D eigenvalue weighted by Crippen LogP contribution is 2.13. The topological polar surface area (TPSA) is 59.0 Å². The molecule has 20 heavy (non-hydrogen) atoms. The lowest BCUT2D eigenvalue weighted by atomic mass is 10.2. The van der Waals surface area contributed by atoms with Crippen LogP contribution in [0.5, 0.6) is 5.75 Å². The molecule has 0 unspecified atom stereocenters. The second-order valence-corrected chi connectivity index (χ2v) is 4.24. The third kappa shape index (κ3) is 5.59. The van der Waals surface area contributed by atoms with Crippen molar-refractivity contribution in [2.24, 2.45) is 0 Å². The van der Waals surface area contributed by atoms with Gasteiger partial charge in [-0.25, -0.2) is 0 Å². The molecule has 1 aromatic carbocycles. The first-order chi connectivity index (χ1) is 9.69. The van der Waals surface area contributed by atoms with Gasteiger partial charge in [-0.15, -0.1) is 0 Å². The van der Waals surface area contributed by atoms with Crippen LogP contribution in [0, 0.1) is 0 Å². The maximum absolute atomic E-state index is 12.4. The fraction of sp³-hybridized carbons (Fsp3) is 0.533. The number of rotatable bonds is 9. The summed E-state index contributed by atoms with van der Waals surface area (Å²) in [5.41, 5.74) is 0.470. The molecule has 0 bridgehead atoms. The SMILES string of the molecule is CCOCCN(CCOCC)C(=O)c1cccc(O)c1. The number of aromatic hydroxyl groups is 1. The van der Waals surface area contributed by atoms with E-state index in [4.69, 9.17) is 9.47 Å². The predicted octanol–water partition coefficient (Wildman–Crippen LogP) is 1.91. The van der Waals surface area contributed by atoms with Gasteiger partial charge < -0.3 is 19.5 Å². The highest BCUT2D eigenvalue weighted by Gasteiger charge is 2.15. The van der Waals surface area contributed by atoms with Gasteiger partial charge in [0.15, 0.2) is 0 Å². The average Bonchev–Trinajstić information content (AvgIpc) is 2.45. The van der Waals surface area contributed by atoms with Gasteiger partial charge in [0.1, 0.15) is 5.75 Å². The summed E-state index contributed by atoms with van der Waals surface area (Å²) >= 11 is 0. The summed E-state index contributed by atoms with van der Waals surface area (Å²) in [4.78, 5) is 14.1. The molecule has 0 aliphatic heterocycles. The zero-order valence-corrected chi connectivity index (χ0v) is 12.2. The lowest BCUT2D eigenvalue weighted by Crippen LogP contribution is -2.36. The minimum Gasteiger partial charge on any atom is -0.508 e. The van der Waals surface area contributed by atoms with Crippen molar-refractivity contribution in [2.45, 2.75) is 13.8 Å². The Morgan fingerprint density at radius 1 is 1.15 bits per heavy atom. The molecule has 5 nitrogen and oxygen atoms in total. The van der Waals surface area contributed by atoms with Crippen molar-refractivity contribution in [3.63, 3.8) is 0 Å². The van der Waals surface area contributed by atoms with Crippen LogP contribution in [0.15, 0.2) is 24.3 Å². The molecule has 0 atom stereocenters. The molecule has 0 radical (unpaired) electrons. The van der Waals surface area contributed by atoms with Crippen LogP contribution in [-0.2, 0) is 9.47 Å². The van der Waals surface area contributed by atoms with Gasteiger partial charge in [-0.05, 0) is 32.0 Å². The monoisotopic (exact) mass is 281 g/mol. The van der Waals surface area contributed by atoms with E-state index in [0.29, 0.717) is 45.1 Å². The van der Waals surface area contributed by atoms with E-state index in [2.05, 4.69) is 0 Å². The molecular weight excluding hydrogens is 258 g/mol. The Labute approximate surface area is 120 Å². The first kappa shape index (κ1) is 16.5. The van der Waals surface area contributed by atoms with E-state index in [0.717, 1.165) is 0 Å². The van der Waals surface area contributed by atoms with Gasteiger partial charge in [0.2, 0.25) is 0 Å². The van der Waals surface area contributed by atoms with Crippen LogP contribution in [0.3, 0.4) is 0 Å². The van der Waals surface area contributed by atoms with Crippen LogP contribution in [0.4, 0.5) is 0 Å². The molecule has 112 valence electrons. The summed E-state index contributed by atoms with van der Waals surface area (Å²) in [5, 5.41) is 9.45. The molecule has 0 fully saturated rings. The number of hydrogen-bond donors (Lipinski definition) is 1. The number of ether oxygens (including phenoxy) is 2. The van der Waals surface area contributed by atoms with E-state index in [1.165, 1.54) is 6.07 Å². The number of phenols is 1. The average molecular weight is 281 g/mol. The van der Waals surface area contributed by atoms with Crippen molar-refractivity contribution in [3.05, 3.63) is 29.8 Å². The van der Waals surface area contributed by atoms with Crippen LogP contribution >= 0.6 is 0 Å². The zero-order chi connectivity index (χ0) is 14.8. The third-order valence-electron chi connectivity index (χ3n) is 2.80. The molecule has 0 heterocycles. The maximum atomic E-state index is 12.4. The van der Waals surface area contributed by atoms with Gasteiger partial charge in [0.05, 0.1) is 13.2 Å². The summed E-state index contributed by atoms with van der Waals surface area (Å²) in [7, 11) is 0. The van der Waals surface area contributed by atoms with Gasteiger partial charge in [-0.1, -0.05) is 6.07 Å². The molecule has 0 spiro atoms. The standard InChI is InChI=1S/C15H23NO4/c1-3-19-10-8-16(9-11-20-4-2)15(18)13-6-5-7-14(17)12-13/h5-7,12,17H,3-4,8-11H2,1-2H3. The van der Waals surface area contributed by atoms with Crippen molar-refractivity contribution in [1.29, 1.82) is 0 Å². The first-order valence-corrected chi connectivity index (χ1v) is 6.92. The minimum atomic E-state index is -0.125. The predicted molar refractivity (Wildman–Crippen MR) is 77.0 cm³/mol. The second-order valence-electron chi connectivity index (χ2n) is 4.24. The molecule has 0 aliphatic rings.